The van der Waals surface area contributed by atoms with Crippen molar-refractivity contribution < 1.29 is 4.74 Å². The van der Waals surface area contributed by atoms with Crippen molar-refractivity contribution >= 4 is 0 Å². The summed E-state index contributed by atoms with van der Waals surface area (Å²) < 4.78 is 7.03. The molecule has 0 radical (unpaired) electrons. The molecule has 0 aromatic carbocycles. The van der Waals surface area contributed by atoms with Gasteiger partial charge in [0.15, 0.2) is 0 Å². The molecule has 0 amide bonds. The van der Waals surface area contributed by atoms with Crippen LogP contribution in [-0.2, 0) is 6.54 Å². The van der Waals surface area contributed by atoms with Gasteiger partial charge in [-0.1, -0.05) is 0 Å². The van der Waals surface area contributed by atoms with Crippen molar-refractivity contribution in [2.75, 3.05) is 27.7 Å². The van der Waals surface area contributed by atoms with Crippen molar-refractivity contribution in [2.24, 2.45) is 0 Å². The topological polar surface area (TPSA) is 56.1 Å². The maximum atomic E-state index is 4.94. The van der Waals surface area contributed by atoms with Crippen molar-refractivity contribution in [2.45, 2.75) is 6.54 Å². The van der Waals surface area contributed by atoms with Crippen LogP contribution in [0.25, 0.3) is 11.4 Å². The second kappa shape index (κ2) is 5.59. The van der Waals surface area contributed by atoms with Gasteiger partial charge >= 0.3 is 6.01 Å². The van der Waals surface area contributed by atoms with Crippen molar-refractivity contribution in [1.82, 2.24) is 24.4 Å². The number of ether oxygens (including phenoxy) is 1. The van der Waals surface area contributed by atoms with Gasteiger partial charge in [0.05, 0.1) is 12.7 Å². The fraction of sp³-hybridized carbons (Fsp3) is 0.417. The Bertz CT molecular complexity index is 491. The van der Waals surface area contributed by atoms with Gasteiger partial charge in [-0.3, -0.25) is 0 Å². The van der Waals surface area contributed by atoms with Crippen molar-refractivity contribution in [3.8, 4) is 17.4 Å². The Morgan fingerprint density at radius 1 is 1.22 bits per heavy atom. The van der Waals surface area contributed by atoms with Crippen LogP contribution in [-0.4, -0.2) is 52.2 Å². The van der Waals surface area contributed by atoms with E-state index in [-0.39, 0.29) is 0 Å². The van der Waals surface area contributed by atoms with Gasteiger partial charge in [-0.2, -0.15) is 0 Å². The summed E-state index contributed by atoms with van der Waals surface area (Å²) >= 11 is 0. The van der Waals surface area contributed by atoms with E-state index in [1.54, 1.807) is 25.7 Å². The molecule has 6 heteroatoms. The quantitative estimate of drug-likeness (QED) is 0.786. The highest BCUT2D eigenvalue weighted by molar-refractivity contribution is 5.52. The van der Waals surface area contributed by atoms with E-state index in [4.69, 9.17) is 4.74 Å². The van der Waals surface area contributed by atoms with Gasteiger partial charge in [0, 0.05) is 37.9 Å². The first kappa shape index (κ1) is 12.5. The van der Waals surface area contributed by atoms with Crippen LogP contribution < -0.4 is 4.74 Å². The molecule has 0 aliphatic rings. The van der Waals surface area contributed by atoms with Crippen LogP contribution in [0.15, 0.2) is 24.8 Å². The molecular formula is C12H17N5O. The zero-order chi connectivity index (χ0) is 13.0. The molecule has 96 valence electrons. The normalized spacial score (nSPS) is 10.9. The number of imidazole rings is 1. The third-order valence-corrected chi connectivity index (χ3v) is 2.57. The Balaban J connectivity index is 2.19. The van der Waals surface area contributed by atoms with E-state index in [1.807, 2.05) is 20.3 Å². The SMILES string of the molecule is COc1ncc(-c2nccn2CCN(C)C)cn1. The third kappa shape index (κ3) is 2.84. The smallest absolute Gasteiger partial charge is 0.316 e. The highest BCUT2D eigenvalue weighted by atomic mass is 16.5. The molecule has 18 heavy (non-hydrogen) atoms. The van der Waals surface area contributed by atoms with Gasteiger partial charge in [-0.15, -0.1) is 0 Å². The van der Waals surface area contributed by atoms with Gasteiger partial charge in [0.25, 0.3) is 0 Å². The molecule has 0 saturated heterocycles. The number of nitrogens with zero attached hydrogens (tertiary/aromatic N) is 5. The molecule has 0 N–H and O–H groups in total. The average Bonchev–Trinajstić information content (AvgIpc) is 2.85. The Hall–Kier alpha value is -1.95. The highest BCUT2D eigenvalue weighted by Gasteiger charge is 2.07. The molecule has 2 aromatic rings. The summed E-state index contributed by atoms with van der Waals surface area (Å²) in [4.78, 5) is 14.7. The Labute approximate surface area is 106 Å². The minimum absolute atomic E-state index is 0.366. The predicted molar refractivity (Wildman–Crippen MR) is 68.4 cm³/mol. The number of likely N-dealkylation sites (N-methyl/N-ethyl adjacent to an activating group) is 1. The average molecular weight is 247 g/mol. The van der Waals surface area contributed by atoms with E-state index < -0.39 is 0 Å². The van der Waals surface area contributed by atoms with E-state index in [9.17, 15) is 0 Å². The van der Waals surface area contributed by atoms with Gasteiger partial charge in [0.1, 0.15) is 5.82 Å². The molecule has 2 rings (SSSR count). The Morgan fingerprint density at radius 3 is 2.56 bits per heavy atom. The van der Waals surface area contributed by atoms with E-state index in [0.717, 1.165) is 24.5 Å². The first-order valence-electron chi connectivity index (χ1n) is 5.73. The number of hydrogen-bond acceptors (Lipinski definition) is 5. The second-order valence-electron chi connectivity index (χ2n) is 4.21. The van der Waals surface area contributed by atoms with Crippen LogP contribution in [0.1, 0.15) is 0 Å². The van der Waals surface area contributed by atoms with E-state index in [2.05, 4.69) is 24.4 Å². The molecule has 0 atom stereocenters. The zero-order valence-electron chi connectivity index (χ0n) is 10.9. The van der Waals surface area contributed by atoms with Crippen molar-refractivity contribution in [3.63, 3.8) is 0 Å². The van der Waals surface area contributed by atoms with Crippen molar-refractivity contribution in [1.29, 1.82) is 0 Å². The van der Waals surface area contributed by atoms with Gasteiger partial charge in [-0.25, -0.2) is 15.0 Å². The molecule has 0 unspecified atom stereocenters. The van der Waals surface area contributed by atoms with E-state index in [0.29, 0.717) is 6.01 Å². The van der Waals surface area contributed by atoms with E-state index >= 15 is 0 Å². The fourth-order valence-corrected chi connectivity index (χ4v) is 1.59. The number of hydrogen-bond donors (Lipinski definition) is 0. The number of rotatable bonds is 5. The summed E-state index contributed by atoms with van der Waals surface area (Å²) in [7, 11) is 5.65. The van der Waals surface area contributed by atoms with Gasteiger partial charge in [0.2, 0.25) is 0 Å². The standard InChI is InChI=1S/C12H17N5O/c1-16(2)6-7-17-5-4-13-11(17)10-8-14-12(18-3)15-9-10/h4-5,8-9H,6-7H2,1-3H3. The molecule has 2 aromatic heterocycles. The number of methoxy groups -OCH3 is 1. The molecule has 0 aliphatic heterocycles. The molecule has 2 heterocycles. The molecule has 0 saturated carbocycles. The lowest BCUT2D eigenvalue weighted by atomic mass is 10.3. The molecule has 0 bridgehead atoms. The van der Waals surface area contributed by atoms with Crippen LogP contribution in [0.2, 0.25) is 0 Å². The summed E-state index contributed by atoms with van der Waals surface area (Å²) in [6.45, 7) is 1.84. The lowest BCUT2D eigenvalue weighted by Crippen LogP contribution is -2.18. The second-order valence-corrected chi connectivity index (χ2v) is 4.21. The van der Waals surface area contributed by atoms with Crippen molar-refractivity contribution in [3.05, 3.63) is 24.8 Å². The largest absolute Gasteiger partial charge is 0.467 e. The van der Waals surface area contributed by atoms with E-state index in [1.165, 1.54) is 0 Å². The summed E-state index contributed by atoms with van der Waals surface area (Å²) in [6, 6.07) is 0.366. The highest BCUT2D eigenvalue weighted by Crippen LogP contribution is 2.16. The number of aromatic nitrogens is 4. The summed E-state index contributed by atoms with van der Waals surface area (Å²) in [5.41, 5.74) is 0.888. The Kier molecular flexibility index (Phi) is 3.88. The van der Waals surface area contributed by atoms with Crippen LogP contribution >= 0.6 is 0 Å². The predicted octanol–water partition coefficient (Wildman–Crippen LogP) is 0.910. The van der Waals surface area contributed by atoms with Crippen LogP contribution in [0.5, 0.6) is 6.01 Å². The summed E-state index contributed by atoms with van der Waals surface area (Å²) in [6.07, 6.45) is 7.19. The van der Waals surface area contributed by atoms with Crippen LogP contribution in [0.3, 0.4) is 0 Å². The van der Waals surface area contributed by atoms with Crippen LogP contribution in [0, 0.1) is 0 Å². The van der Waals surface area contributed by atoms with Gasteiger partial charge in [-0.05, 0) is 14.1 Å². The molecule has 0 aliphatic carbocycles. The monoisotopic (exact) mass is 247 g/mol. The fourth-order valence-electron chi connectivity index (χ4n) is 1.59. The van der Waals surface area contributed by atoms with Crippen LogP contribution in [0.4, 0.5) is 0 Å². The first-order chi connectivity index (χ1) is 8.70. The molecular weight excluding hydrogens is 230 g/mol. The summed E-state index contributed by atoms with van der Waals surface area (Å²) in [5.74, 6) is 0.875. The minimum Gasteiger partial charge on any atom is -0.467 e. The molecule has 6 nitrogen and oxygen atoms in total. The maximum Gasteiger partial charge on any atom is 0.316 e. The maximum absolute atomic E-state index is 4.94. The molecule has 0 fully saturated rings. The molecule has 0 spiro atoms. The summed E-state index contributed by atoms with van der Waals surface area (Å²) in [5, 5.41) is 0. The van der Waals surface area contributed by atoms with Gasteiger partial charge < -0.3 is 14.2 Å². The third-order valence-electron chi connectivity index (χ3n) is 2.57. The first-order valence-corrected chi connectivity index (χ1v) is 5.73. The Morgan fingerprint density at radius 2 is 1.94 bits per heavy atom. The lowest BCUT2D eigenvalue weighted by Gasteiger charge is -2.12. The lowest BCUT2D eigenvalue weighted by molar-refractivity contribution is 0.379. The zero-order valence-corrected chi connectivity index (χ0v) is 10.9. The minimum atomic E-state index is 0.366.